The van der Waals surface area contributed by atoms with Crippen molar-refractivity contribution < 1.29 is 4.79 Å². The van der Waals surface area contributed by atoms with Gasteiger partial charge in [0, 0.05) is 19.7 Å². The Morgan fingerprint density at radius 3 is 3.12 bits per heavy atom. The molecule has 1 atom stereocenters. The fourth-order valence-electron chi connectivity index (χ4n) is 1.95. The molecular weight excluding hydrogens is 206 g/mol. The molecule has 0 bridgehead atoms. The highest BCUT2D eigenvalue weighted by atomic mass is 16.1. The predicted molar refractivity (Wildman–Crippen MR) is 62.4 cm³/mol. The van der Waals surface area contributed by atoms with Crippen molar-refractivity contribution in [1.29, 1.82) is 0 Å². The van der Waals surface area contributed by atoms with Crippen LogP contribution >= 0.6 is 0 Å². The van der Waals surface area contributed by atoms with Gasteiger partial charge < -0.3 is 20.7 Å². The van der Waals surface area contributed by atoms with Gasteiger partial charge in [0.15, 0.2) is 0 Å². The average molecular weight is 221 g/mol. The third-order valence-corrected chi connectivity index (χ3v) is 2.74. The van der Waals surface area contributed by atoms with Gasteiger partial charge in [0.2, 0.25) is 5.95 Å². The normalized spacial score (nSPS) is 19.8. The van der Waals surface area contributed by atoms with Crippen LogP contribution in [-0.2, 0) is 4.79 Å². The van der Waals surface area contributed by atoms with Crippen LogP contribution in [0.1, 0.15) is 12.8 Å². The number of hydrogen-bond donors (Lipinski definition) is 2. The number of nitrogens with zero attached hydrogens (tertiary/aromatic N) is 3. The van der Waals surface area contributed by atoms with Crippen molar-refractivity contribution in [2.24, 2.45) is 0 Å². The Morgan fingerprint density at radius 2 is 2.44 bits per heavy atom. The standard InChI is InChI=1S/C10H15N5O/c1-12-8-5-9(14-10(11)13-8)15-4-2-3-7(15)6-16/h5-7H,2-4H2,1H3,(H3,11,12,13,14). The number of nitrogens with two attached hydrogens (primary N) is 1. The van der Waals surface area contributed by atoms with Gasteiger partial charge in [-0.05, 0) is 12.8 Å². The van der Waals surface area contributed by atoms with Crippen LogP contribution in [0.5, 0.6) is 0 Å². The molecule has 1 aromatic rings. The van der Waals surface area contributed by atoms with E-state index in [0.29, 0.717) is 11.6 Å². The predicted octanol–water partition coefficient (Wildman–Crippen LogP) is 0.268. The lowest BCUT2D eigenvalue weighted by Gasteiger charge is -2.21. The molecule has 2 heterocycles. The van der Waals surface area contributed by atoms with Gasteiger partial charge in [-0.2, -0.15) is 9.97 Å². The Balaban J connectivity index is 2.31. The number of aldehydes is 1. The van der Waals surface area contributed by atoms with Crippen LogP contribution in [0.15, 0.2) is 6.07 Å². The van der Waals surface area contributed by atoms with E-state index in [1.807, 2.05) is 4.90 Å². The summed E-state index contributed by atoms with van der Waals surface area (Å²) in [6.45, 7) is 0.836. The Labute approximate surface area is 93.9 Å². The zero-order chi connectivity index (χ0) is 11.5. The second-order valence-corrected chi connectivity index (χ2v) is 3.76. The van der Waals surface area contributed by atoms with Crippen molar-refractivity contribution in [3.05, 3.63) is 6.07 Å². The number of rotatable bonds is 3. The van der Waals surface area contributed by atoms with Crippen molar-refractivity contribution in [3.63, 3.8) is 0 Å². The van der Waals surface area contributed by atoms with E-state index in [4.69, 9.17) is 5.73 Å². The van der Waals surface area contributed by atoms with Gasteiger partial charge in [-0.3, -0.25) is 0 Å². The molecule has 1 aromatic heterocycles. The SMILES string of the molecule is CNc1cc(N2CCCC2C=O)nc(N)n1. The molecule has 2 rings (SSSR count). The van der Waals surface area contributed by atoms with Crippen LogP contribution in [0.4, 0.5) is 17.6 Å². The van der Waals surface area contributed by atoms with Crippen molar-refractivity contribution in [1.82, 2.24) is 9.97 Å². The van der Waals surface area contributed by atoms with E-state index < -0.39 is 0 Å². The molecule has 0 amide bonds. The molecule has 0 aromatic carbocycles. The summed E-state index contributed by atoms with van der Waals surface area (Å²) in [4.78, 5) is 21.0. The Bertz CT molecular complexity index is 395. The summed E-state index contributed by atoms with van der Waals surface area (Å²) in [7, 11) is 1.77. The molecule has 0 saturated carbocycles. The number of aromatic nitrogens is 2. The van der Waals surface area contributed by atoms with Crippen molar-refractivity contribution in [2.45, 2.75) is 18.9 Å². The summed E-state index contributed by atoms with van der Waals surface area (Å²) in [6, 6.07) is 1.72. The molecule has 6 nitrogen and oxygen atoms in total. The summed E-state index contributed by atoms with van der Waals surface area (Å²) in [5.74, 6) is 1.60. The summed E-state index contributed by atoms with van der Waals surface area (Å²) in [5.41, 5.74) is 5.61. The highest BCUT2D eigenvalue weighted by Crippen LogP contribution is 2.24. The molecule has 1 aliphatic heterocycles. The average Bonchev–Trinajstić information content (AvgIpc) is 2.76. The van der Waals surface area contributed by atoms with E-state index in [1.54, 1.807) is 13.1 Å². The third-order valence-electron chi connectivity index (χ3n) is 2.74. The number of carbonyl (C=O) groups is 1. The summed E-state index contributed by atoms with van der Waals surface area (Å²) in [6.07, 6.45) is 2.84. The topological polar surface area (TPSA) is 84.1 Å². The van der Waals surface area contributed by atoms with Gasteiger partial charge in [-0.1, -0.05) is 0 Å². The number of anilines is 3. The first kappa shape index (κ1) is 10.7. The van der Waals surface area contributed by atoms with Crippen LogP contribution in [0.3, 0.4) is 0 Å². The number of nitrogen functional groups attached to an aromatic ring is 1. The minimum Gasteiger partial charge on any atom is -0.373 e. The maximum absolute atomic E-state index is 10.9. The molecule has 0 spiro atoms. The molecule has 1 aliphatic rings. The van der Waals surface area contributed by atoms with Crippen LogP contribution in [0, 0.1) is 0 Å². The first-order valence-corrected chi connectivity index (χ1v) is 5.29. The Morgan fingerprint density at radius 1 is 1.62 bits per heavy atom. The van der Waals surface area contributed by atoms with Crippen molar-refractivity contribution >= 4 is 23.9 Å². The highest BCUT2D eigenvalue weighted by Gasteiger charge is 2.25. The van der Waals surface area contributed by atoms with Crippen LogP contribution in [0.2, 0.25) is 0 Å². The van der Waals surface area contributed by atoms with Crippen LogP contribution in [0.25, 0.3) is 0 Å². The smallest absolute Gasteiger partial charge is 0.223 e. The monoisotopic (exact) mass is 221 g/mol. The molecule has 1 fully saturated rings. The fourth-order valence-corrected chi connectivity index (χ4v) is 1.95. The van der Waals surface area contributed by atoms with Gasteiger partial charge in [0.25, 0.3) is 0 Å². The minimum atomic E-state index is -0.0843. The van der Waals surface area contributed by atoms with Crippen LogP contribution in [-0.4, -0.2) is 35.9 Å². The number of carbonyl (C=O) groups excluding carboxylic acids is 1. The second-order valence-electron chi connectivity index (χ2n) is 3.76. The molecule has 0 aliphatic carbocycles. The molecule has 1 unspecified atom stereocenters. The van der Waals surface area contributed by atoms with E-state index in [1.165, 1.54) is 0 Å². The summed E-state index contributed by atoms with van der Waals surface area (Å²) in [5, 5.41) is 2.92. The highest BCUT2D eigenvalue weighted by molar-refractivity contribution is 5.67. The Kier molecular flexibility index (Phi) is 2.89. The molecule has 3 N–H and O–H groups in total. The molecular formula is C10H15N5O. The van der Waals surface area contributed by atoms with Gasteiger partial charge >= 0.3 is 0 Å². The lowest BCUT2D eigenvalue weighted by Crippen LogP contribution is -2.31. The largest absolute Gasteiger partial charge is 0.373 e. The molecule has 0 radical (unpaired) electrons. The number of hydrogen-bond acceptors (Lipinski definition) is 6. The number of nitrogens with one attached hydrogen (secondary N) is 1. The van der Waals surface area contributed by atoms with Gasteiger partial charge in [0.1, 0.15) is 17.9 Å². The van der Waals surface area contributed by atoms with E-state index in [-0.39, 0.29) is 12.0 Å². The zero-order valence-electron chi connectivity index (χ0n) is 9.18. The molecule has 86 valence electrons. The Hall–Kier alpha value is -1.85. The minimum absolute atomic E-state index is 0.0843. The maximum Gasteiger partial charge on any atom is 0.223 e. The van der Waals surface area contributed by atoms with E-state index in [0.717, 1.165) is 25.7 Å². The van der Waals surface area contributed by atoms with E-state index in [9.17, 15) is 4.79 Å². The third kappa shape index (κ3) is 1.91. The van der Waals surface area contributed by atoms with Gasteiger partial charge in [-0.25, -0.2) is 0 Å². The van der Waals surface area contributed by atoms with E-state index >= 15 is 0 Å². The zero-order valence-corrected chi connectivity index (χ0v) is 9.18. The quantitative estimate of drug-likeness (QED) is 0.713. The first-order valence-electron chi connectivity index (χ1n) is 5.29. The second kappa shape index (κ2) is 4.34. The summed E-state index contributed by atoms with van der Waals surface area (Å²) >= 11 is 0. The molecule has 1 saturated heterocycles. The van der Waals surface area contributed by atoms with Gasteiger partial charge in [0.05, 0.1) is 6.04 Å². The molecule has 6 heteroatoms. The fraction of sp³-hybridized carbons (Fsp3) is 0.500. The lowest BCUT2D eigenvalue weighted by atomic mass is 10.2. The lowest BCUT2D eigenvalue weighted by molar-refractivity contribution is -0.108. The first-order chi connectivity index (χ1) is 7.74. The van der Waals surface area contributed by atoms with Gasteiger partial charge in [-0.15, -0.1) is 0 Å². The van der Waals surface area contributed by atoms with E-state index in [2.05, 4.69) is 15.3 Å². The summed E-state index contributed by atoms with van der Waals surface area (Å²) < 4.78 is 0. The van der Waals surface area contributed by atoms with Crippen LogP contribution < -0.4 is 16.0 Å². The van der Waals surface area contributed by atoms with Crippen molar-refractivity contribution in [2.75, 3.05) is 29.5 Å². The maximum atomic E-state index is 10.9. The molecule has 16 heavy (non-hydrogen) atoms. The van der Waals surface area contributed by atoms with Crippen molar-refractivity contribution in [3.8, 4) is 0 Å².